The number of benzene rings is 3. The lowest BCUT2D eigenvalue weighted by molar-refractivity contribution is 0.480. The molecule has 0 unspecified atom stereocenters. The van der Waals surface area contributed by atoms with Crippen molar-refractivity contribution in [3.05, 3.63) is 54.6 Å². The minimum Gasteiger partial charge on any atom is -0.370 e. The van der Waals surface area contributed by atoms with Crippen molar-refractivity contribution >= 4 is 58.2 Å². The van der Waals surface area contributed by atoms with Crippen molar-refractivity contribution in [2.75, 3.05) is 11.2 Å². The molecule has 4 N–H and O–H groups in total. The Hall–Kier alpha value is -2.95. The fourth-order valence-electron chi connectivity index (χ4n) is 2.66. The predicted octanol–water partition coefficient (Wildman–Crippen LogP) is 3.01. The first kappa shape index (κ1) is 23.7. The average molecular weight is 502 g/mol. The Morgan fingerprint density at radius 3 is 1.88 bits per heavy atom. The molecule has 15 heteroatoms. The van der Waals surface area contributed by atoms with Gasteiger partial charge in [0, 0.05) is 11.1 Å². The smallest absolute Gasteiger partial charge is 0.295 e. The van der Waals surface area contributed by atoms with Crippen LogP contribution in [0.25, 0.3) is 10.8 Å². The fraction of sp³-hybridized carbons (Fsp3) is 0.0588. The van der Waals surface area contributed by atoms with Gasteiger partial charge in [-0.3, -0.25) is 13.7 Å². The van der Waals surface area contributed by atoms with Gasteiger partial charge in [-0.05, 0) is 53.9 Å². The maximum atomic E-state index is 11.6. The third-order valence-corrected chi connectivity index (χ3v) is 6.29. The van der Waals surface area contributed by atoms with Gasteiger partial charge in [-0.1, -0.05) is 6.07 Å². The molecule has 0 aromatic heterocycles. The molecule has 170 valence electrons. The molecule has 0 aliphatic rings. The molecule has 3 aromatic rings. The lowest BCUT2D eigenvalue weighted by atomic mass is 10.1. The van der Waals surface area contributed by atoms with E-state index in [0.29, 0.717) is 17.4 Å². The highest BCUT2D eigenvalue weighted by molar-refractivity contribution is 7.87. The molecule has 0 radical (unpaired) electrons. The second kappa shape index (κ2) is 8.53. The zero-order chi connectivity index (χ0) is 23.7. The molecule has 0 saturated carbocycles. The van der Waals surface area contributed by atoms with Crippen LogP contribution in [0.2, 0.25) is 0 Å². The summed E-state index contributed by atoms with van der Waals surface area (Å²) in [6.07, 6.45) is 0. The molecule has 0 aliphatic heterocycles. The monoisotopic (exact) mass is 501 g/mol. The minimum absolute atomic E-state index is 0.00751. The Bertz CT molecular complexity index is 1530. The standard InChI is InChI=1S/C17H15N3O9S3/c21-30(22,23)10-18-12-1-3-13(4-2-12)19-20-14-5-6-16-11(7-14)8-15(31(24,25)26)9-17(16)32(27,28)29/h1-9,18H,10H2,(H,21,22,23)(H,24,25,26)(H,27,28,29). The van der Waals surface area contributed by atoms with Gasteiger partial charge in [0.05, 0.1) is 16.3 Å². The van der Waals surface area contributed by atoms with Gasteiger partial charge >= 0.3 is 0 Å². The summed E-state index contributed by atoms with van der Waals surface area (Å²) in [6.45, 7) is 0. The summed E-state index contributed by atoms with van der Waals surface area (Å²) in [5.74, 6) is -0.665. The Morgan fingerprint density at radius 1 is 0.719 bits per heavy atom. The maximum Gasteiger partial charge on any atom is 0.295 e. The quantitative estimate of drug-likeness (QED) is 0.275. The van der Waals surface area contributed by atoms with Gasteiger partial charge in [0.15, 0.2) is 0 Å². The van der Waals surface area contributed by atoms with Gasteiger partial charge in [-0.15, -0.1) is 0 Å². The molecule has 0 atom stereocenters. The number of nitrogens with one attached hydrogen (secondary N) is 1. The van der Waals surface area contributed by atoms with Gasteiger partial charge in [-0.25, -0.2) is 0 Å². The summed E-state index contributed by atoms with van der Waals surface area (Å²) in [4.78, 5) is -1.42. The van der Waals surface area contributed by atoms with Crippen molar-refractivity contribution in [1.82, 2.24) is 0 Å². The lowest BCUT2D eigenvalue weighted by Crippen LogP contribution is -2.12. The van der Waals surface area contributed by atoms with Crippen LogP contribution in [0.4, 0.5) is 17.1 Å². The first-order chi connectivity index (χ1) is 14.7. The number of rotatable bonds is 7. The highest BCUT2D eigenvalue weighted by atomic mass is 32.2. The fourth-order valence-corrected chi connectivity index (χ4v) is 4.36. The van der Waals surface area contributed by atoms with Crippen LogP contribution in [-0.2, 0) is 30.4 Å². The van der Waals surface area contributed by atoms with Crippen LogP contribution in [0.3, 0.4) is 0 Å². The Morgan fingerprint density at radius 2 is 1.31 bits per heavy atom. The molecule has 0 spiro atoms. The number of anilines is 1. The van der Waals surface area contributed by atoms with Crippen molar-refractivity contribution in [2.24, 2.45) is 10.2 Å². The molecular formula is C17H15N3O9S3. The average Bonchev–Trinajstić information content (AvgIpc) is 2.68. The van der Waals surface area contributed by atoms with Crippen molar-refractivity contribution in [3.63, 3.8) is 0 Å². The van der Waals surface area contributed by atoms with Gasteiger partial charge in [0.1, 0.15) is 10.8 Å². The van der Waals surface area contributed by atoms with Gasteiger partial charge < -0.3 is 5.32 Å². The van der Waals surface area contributed by atoms with Crippen LogP contribution in [0.15, 0.2) is 74.6 Å². The molecule has 0 bridgehead atoms. The maximum absolute atomic E-state index is 11.6. The number of nitrogens with zero attached hydrogens (tertiary/aromatic N) is 2. The van der Waals surface area contributed by atoms with E-state index in [9.17, 15) is 34.4 Å². The Balaban J connectivity index is 1.94. The van der Waals surface area contributed by atoms with E-state index in [1.165, 1.54) is 42.5 Å². The van der Waals surface area contributed by atoms with Crippen LogP contribution in [-0.4, -0.2) is 44.8 Å². The number of hydrogen-bond acceptors (Lipinski definition) is 9. The zero-order valence-electron chi connectivity index (χ0n) is 15.8. The van der Waals surface area contributed by atoms with Crippen molar-refractivity contribution in [3.8, 4) is 0 Å². The number of fused-ring (bicyclic) bond motifs is 1. The molecule has 0 saturated heterocycles. The van der Waals surface area contributed by atoms with Crippen LogP contribution < -0.4 is 5.32 Å². The van der Waals surface area contributed by atoms with E-state index in [2.05, 4.69) is 15.5 Å². The normalized spacial score (nSPS) is 13.0. The molecular weight excluding hydrogens is 486 g/mol. The van der Waals surface area contributed by atoms with Gasteiger partial charge in [-0.2, -0.15) is 35.5 Å². The first-order valence-corrected chi connectivity index (χ1v) is 12.9. The highest BCUT2D eigenvalue weighted by Gasteiger charge is 2.20. The Labute approximate surface area is 182 Å². The van der Waals surface area contributed by atoms with Gasteiger partial charge in [0.2, 0.25) is 0 Å². The van der Waals surface area contributed by atoms with E-state index in [-0.39, 0.29) is 16.5 Å². The zero-order valence-corrected chi connectivity index (χ0v) is 18.3. The third kappa shape index (κ3) is 6.06. The summed E-state index contributed by atoms with van der Waals surface area (Å²) in [5, 5.41) is 10.5. The number of azo groups is 1. The minimum atomic E-state index is -4.79. The summed E-state index contributed by atoms with van der Waals surface area (Å²) >= 11 is 0. The van der Waals surface area contributed by atoms with Crippen molar-refractivity contribution in [1.29, 1.82) is 0 Å². The topological polar surface area (TPSA) is 200 Å². The summed E-state index contributed by atoms with van der Waals surface area (Å²) in [5.41, 5.74) is 0.982. The summed E-state index contributed by atoms with van der Waals surface area (Å²) in [7, 11) is -13.7. The SMILES string of the molecule is O=S(=O)(O)CNc1ccc(N=Nc2ccc3c(S(=O)(=O)O)cc(S(=O)(=O)O)cc3c2)cc1. The van der Waals surface area contributed by atoms with E-state index in [0.717, 1.165) is 6.07 Å². The summed E-state index contributed by atoms with van der Waals surface area (Å²) < 4.78 is 95.1. The van der Waals surface area contributed by atoms with E-state index in [1.807, 2.05) is 0 Å². The van der Waals surface area contributed by atoms with Crippen LogP contribution >= 0.6 is 0 Å². The molecule has 3 rings (SSSR count). The largest absolute Gasteiger partial charge is 0.370 e. The van der Waals surface area contributed by atoms with Crippen LogP contribution in [0, 0.1) is 0 Å². The molecule has 0 heterocycles. The van der Waals surface area contributed by atoms with E-state index in [1.54, 1.807) is 0 Å². The second-order valence-electron chi connectivity index (χ2n) is 6.43. The highest BCUT2D eigenvalue weighted by Crippen LogP contribution is 2.31. The summed E-state index contributed by atoms with van der Waals surface area (Å²) in [6, 6.07) is 11.7. The van der Waals surface area contributed by atoms with E-state index in [4.69, 9.17) is 4.55 Å². The molecule has 0 fully saturated rings. The molecule has 0 amide bonds. The molecule has 32 heavy (non-hydrogen) atoms. The van der Waals surface area contributed by atoms with Crippen LogP contribution in [0.5, 0.6) is 0 Å². The molecule has 3 aromatic carbocycles. The van der Waals surface area contributed by atoms with E-state index >= 15 is 0 Å². The van der Waals surface area contributed by atoms with Crippen molar-refractivity contribution < 1.29 is 38.9 Å². The lowest BCUT2D eigenvalue weighted by Gasteiger charge is -2.07. The molecule has 12 nitrogen and oxygen atoms in total. The van der Waals surface area contributed by atoms with E-state index < -0.39 is 46.0 Å². The predicted molar refractivity (Wildman–Crippen MR) is 114 cm³/mol. The molecule has 0 aliphatic carbocycles. The van der Waals surface area contributed by atoms with Gasteiger partial charge in [0.25, 0.3) is 30.4 Å². The first-order valence-electron chi connectivity index (χ1n) is 8.46. The van der Waals surface area contributed by atoms with Crippen LogP contribution in [0.1, 0.15) is 0 Å². The van der Waals surface area contributed by atoms with Crippen molar-refractivity contribution in [2.45, 2.75) is 9.79 Å². The Kier molecular flexibility index (Phi) is 6.32. The third-order valence-electron chi connectivity index (χ3n) is 4.05. The second-order valence-corrected chi connectivity index (χ2v) is 10.7. The number of hydrogen-bond donors (Lipinski definition) is 4.